The number of alkyl halides is 3. The van der Waals surface area contributed by atoms with Crippen LogP contribution in [0.5, 0.6) is 5.75 Å². The van der Waals surface area contributed by atoms with Crippen LogP contribution < -0.4 is 4.74 Å². The van der Waals surface area contributed by atoms with Gasteiger partial charge in [-0.05, 0) is 18.1 Å². The third kappa shape index (κ3) is 3.38. The number of carboxylic acid groups (broad SMARTS) is 1. The molecular weight excluding hydrogens is 251 g/mol. The summed E-state index contributed by atoms with van der Waals surface area (Å²) in [4.78, 5) is 10.5. The smallest absolute Gasteiger partial charge is 0.481 e. The van der Waals surface area contributed by atoms with Crippen molar-refractivity contribution in [1.29, 1.82) is 5.26 Å². The van der Waals surface area contributed by atoms with Crippen molar-refractivity contribution in [3.05, 3.63) is 28.8 Å². The average molecular weight is 259 g/mol. The first kappa shape index (κ1) is 13.8. The second-order valence-electron chi connectivity index (χ2n) is 3.48. The molecule has 1 rings (SSSR count). The molecule has 96 valence electrons. The van der Waals surface area contributed by atoms with E-state index in [9.17, 15) is 18.0 Å². The van der Waals surface area contributed by atoms with Gasteiger partial charge < -0.3 is 9.84 Å². The summed E-state index contributed by atoms with van der Waals surface area (Å²) in [7, 11) is 0. The van der Waals surface area contributed by atoms with Gasteiger partial charge in [0.25, 0.3) is 0 Å². The highest BCUT2D eigenvalue weighted by atomic mass is 19.4. The van der Waals surface area contributed by atoms with E-state index >= 15 is 0 Å². The average Bonchev–Trinajstić information content (AvgIpc) is 2.20. The number of ether oxygens (including phenoxy) is 1. The Morgan fingerprint density at radius 2 is 2.11 bits per heavy atom. The van der Waals surface area contributed by atoms with Crippen molar-refractivity contribution in [3.63, 3.8) is 0 Å². The number of hydrogen-bond donors (Lipinski definition) is 1. The fraction of sp³-hybridized carbons (Fsp3) is 0.273. The van der Waals surface area contributed by atoms with Crippen molar-refractivity contribution in [2.24, 2.45) is 0 Å². The van der Waals surface area contributed by atoms with E-state index in [0.717, 1.165) is 0 Å². The number of rotatable bonds is 3. The van der Waals surface area contributed by atoms with Crippen molar-refractivity contribution in [1.82, 2.24) is 0 Å². The van der Waals surface area contributed by atoms with E-state index in [1.807, 2.05) is 0 Å². The zero-order chi connectivity index (χ0) is 13.9. The van der Waals surface area contributed by atoms with Crippen molar-refractivity contribution in [2.75, 3.05) is 0 Å². The maximum atomic E-state index is 12.2. The molecule has 0 saturated heterocycles. The van der Waals surface area contributed by atoms with Crippen LogP contribution in [0.1, 0.15) is 16.7 Å². The van der Waals surface area contributed by atoms with Gasteiger partial charge in [-0.2, -0.15) is 5.26 Å². The number of nitriles is 1. The molecule has 18 heavy (non-hydrogen) atoms. The fourth-order valence-corrected chi connectivity index (χ4v) is 1.41. The summed E-state index contributed by atoms with van der Waals surface area (Å²) in [5.41, 5.74) is -0.317. The Morgan fingerprint density at radius 1 is 1.50 bits per heavy atom. The van der Waals surface area contributed by atoms with E-state index in [1.54, 1.807) is 6.07 Å². The van der Waals surface area contributed by atoms with Crippen LogP contribution in [0.3, 0.4) is 0 Å². The normalized spacial score (nSPS) is 10.8. The second-order valence-corrected chi connectivity index (χ2v) is 3.48. The van der Waals surface area contributed by atoms with Gasteiger partial charge >= 0.3 is 12.3 Å². The van der Waals surface area contributed by atoms with Crippen molar-refractivity contribution >= 4 is 5.97 Å². The van der Waals surface area contributed by atoms with Gasteiger partial charge in [-0.1, -0.05) is 12.1 Å². The quantitative estimate of drug-likeness (QED) is 0.904. The molecule has 0 aliphatic carbocycles. The van der Waals surface area contributed by atoms with Crippen LogP contribution in [-0.4, -0.2) is 17.4 Å². The van der Waals surface area contributed by atoms with E-state index < -0.39 is 30.1 Å². The molecule has 1 N–H and O–H groups in total. The molecule has 7 heteroatoms. The number of halogens is 3. The van der Waals surface area contributed by atoms with E-state index in [1.165, 1.54) is 19.1 Å². The molecule has 0 amide bonds. The summed E-state index contributed by atoms with van der Waals surface area (Å²) in [5.74, 6) is -1.89. The van der Waals surface area contributed by atoms with Gasteiger partial charge in [0.05, 0.1) is 12.0 Å². The van der Waals surface area contributed by atoms with Crippen LogP contribution in [0.2, 0.25) is 0 Å². The highest BCUT2D eigenvalue weighted by Crippen LogP contribution is 2.31. The number of aliphatic carboxylic acids is 1. The lowest BCUT2D eigenvalue weighted by molar-refractivity contribution is -0.274. The molecule has 0 spiro atoms. The molecule has 0 fully saturated rings. The minimum Gasteiger partial charge on any atom is -0.481 e. The molecule has 0 bridgehead atoms. The molecule has 1 aromatic rings. The summed E-state index contributed by atoms with van der Waals surface area (Å²) in [5, 5.41) is 17.5. The van der Waals surface area contributed by atoms with Gasteiger partial charge in [0.1, 0.15) is 11.8 Å². The van der Waals surface area contributed by atoms with E-state index in [2.05, 4.69) is 4.74 Å². The lowest BCUT2D eigenvalue weighted by atomic mass is 10.0. The summed E-state index contributed by atoms with van der Waals surface area (Å²) in [6.07, 6.45) is -5.48. The van der Waals surface area contributed by atoms with Gasteiger partial charge in [-0.3, -0.25) is 4.79 Å². The van der Waals surface area contributed by atoms with Crippen molar-refractivity contribution in [3.8, 4) is 11.8 Å². The first-order chi connectivity index (χ1) is 8.24. The zero-order valence-corrected chi connectivity index (χ0v) is 9.21. The Labute approximate surface area is 100 Å². The molecule has 4 nitrogen and oxygen atoms in total. The molecule has 0 heterocycles. The van der Waals surface area contributed by atoms with Crippen molar-refractivity contribution < 1.29 is 27.8 Å². The number of carbonyl (C=O) groups is 1. The fourth-order valence-electron chi connectivity index (χ4n) is 1.41. The van der Waals surface area contributed by atoms with Crippen LogP contribution in [0.15, 0.2) is 12.1 Å². The molecular formula is C11H8F3NO3. The first-order valence-corrected chi connectivity index (χ1v) is 4.74. The number of hydrogen-bond acceptors (Lipinski definition) is 3. The third-order valence-corrected chi connectivity index (χ3v) is 2.11. The van der Waals surface area contributed by atoms with Gasteiger partial charge in [0.15, 0.2) is 0 Å². The van der Waals surface area contributed by atoms with Crippen LogP contribution >= 0.6 is 0 Å². The largest absolute Gasteiger partial charge is 0.573 e. The lowest BCUT2D eigenvalue weighted by Crippen LogP contribution is -2.19. The Hall–Kier alpha value is -2.23. The maximum absolute atomic E-state index is 12.2. The van der Waals surface area contributed by atoms with E-state index in [4.69, 9.17) is 10.4 Å². The summed E-state index contributed by atoms with van der Waals surface area (Å²) >= 11 is 0. The van der Waals surface area contributed by atoms with Gasteiger partial charge in [-0.25, -0.2) is 0 Å². The molecule has 0 saturated carbocycles. The second kappa shape index (κ2) is 4.96. The van der Waals surface area contributed by atoms with Gasteiger partial charge in [-0.15, -0.1) is 13.2 Å². The Balaban J connectivity index is 3.31. The van der Waals surface area contributed by atoms with E-state index in [0.29, 0.717) is 0 Å². The third-order valence-electron chi connectivity index (χ3n) is 2.11. The Kier molecular flexibility index (Phi) is 3.81. The summed E-state index contributed by atoms with van der Waals surface area (Å²) in [6.45, 7) is 1.34. The monoisotopic (exact) mass is 259 g/mol. The highest BCUT2D eigenvalue weighted by Gasteiger charge is 2.33. The Bertz CT molecular complexity index is 517. The molecule has 0 radical (unpaired) electrons. The standard InChI is InChI=1S/C11H8F3NO3/c1-6-2-3-7(4-9(16)17)8(5-15)10(6)18-11(12,13)14/h2-3H,4H2,1H3,(H,16,17). The molecule has 0 aliphatic rings. The topological polar surface area (TPSA) is 70.3 Å². The summed E-state index contributed by atoms with van der Waals surface area (Å²) in [6, 6.07) is 4.12. The van der Waals surface area contributed by atoms with Gasteiger partial charge in [0.2, 0.25) is 0 Å². The predicted octanol–water partition coefficient (Wildman–Crippen LogP) is 2.39. The molecule has 0 aromatic heterocycles. The minimum atomic E-state index is -4.93. The number of aryl methyl sites for hydroxylation is 1. The molecule has 1 aromatic carbocycles. The highest BCUT2D eigenvalue weighted by molar-refractivity contribution is 5.72. The zero-order valence-electron chi connectivity index (χ0n) is 9.21. The van der Waals surface area contributed by atoms with Crippen LogP contribution in [0, 0.1) is 18.3 Å². The lowest BCUT2D eigenvalue weighted by Gasteiger charge is -2.14. The minimum absolute atomic E-state index is 0.0187. The number of benzene rings is 1. The molecule has 0 aliphatic heterocycles. The Morgan fingerprint density at radius 3 is 2.56 bits per heavy atom. The van der Waals surface area contributed by atoms with E-state index in [-0.39, 0.29) is 11.1 Å². The maximum Gasteiger partial charge on any atom is 0.573 e. The molecule has 0 atom stereocenters. The van der Waals surface area contributed by atoms with Crippen molar-refractivity contribution in [2.45, 2.75) is 19.7 Å². The molecule has 0 unspecified atom stereocenters. The number of nitrogens with zero attached hydrogens (tertiary/aromatic N) is 1. The SMILES string of the molecule is Cc1ccc(CC(=O)O)c(C#N)c1OC(F)(F)F. The number of carboxylic acids is 1. The summed E-state index contributed by atoms with van der Waals surface area (Å²) < 4.78 is 40.3. The van der Waals surface area contributed by atoms with Crippen LogP contribution in [0.4, 0.5) is 13.2 Å². The predicted molar refractivity (Wildman–Crippen MR) is 53.9 cm³/mol. The van der Waals surface area contributed by atoms with Crippen LogP contribution in [-0.2, 0) is 11.2 Å². The van der Waals surface area contributed by atoms with Crippen LogP contribution in [0.25, 0.3) is 0 Å². The van der Waals surface area contributed by atoms with Gasteiger partial charge in [0, 0.05) is 0 Å². The first-order valence-electron chi connectivity index (χ1n) is 4.74.